The molecule has 2 aliphatic carbocycles. The third-order valence-electron chi connectivity index (χ3n) is 8.97. The second-order valence-corrected chi connectivity index (χ2v) is 12.9. The topological polar surface area (TPSA) is 137 Å². The Morgan fingerprint density at radius 3 is 2.55 bits per heavy atom. The molecular formula is C33H35N5O3S. The van der Waals surface area contributed by atoms with Gasteiger partial charge in [0.15, 0.2) is 5.78 Å². The molecule has 42 heavy (non-hydrogen) atoms. The number of nitrogens with one attached hydrogen (secondary N) is 1. The molecule has 1 saturated carbocycles. The maximum absolute atomic E-state index is 14.2. The number of rotatable bonds is 6. The van der Waals surface area contributed by atoms with Crippen LogP contribution in [0, 0.1) is 6.92 Å². The Balaban J connectivity index is 1.27. The molecule has 8 nitrogen and oxygen atoms in total. The van der Waals surface area contributed by atoms with Crippen molar-refractivity contribution in [3.63, 3.8) is 0 Å². The van der Waals surface area contributed by atoms with Gasteiger partial charge >= 0.3 is 0 Å². The van der Waals surface area contributed by atoms with Crippen molar-refractivity contribution in [1.29, 1.82) is 0 Å². The van der Waals surface area contributed by atoms with Gasteiger partial charge in [-0.1, -0.05) is 30.3 Å². The van der Waals surface area contributed by atoms with E-state index in [1.807, 2.05) is 61.5 Å². The average Bonchev–Trinajstić information content (AvgIpc) is 3.76. The molecule has 2 fully saturated rings. The van der Waals surface area contributed by atoms with E-state index in [0.717, 1.165) is 36.2 Å². The second-order valence-electron chi connectivity index (χ2n) is 11.8. The average molecular weight is 582 g/mol. The summed E-state index contributed by atoms with van der Waals surface area (Å²) >= 11 is 1.30. The summed E-state index contributed by atoms with van der Waals surface area (Å²) < 4.78 is 6.75. The number of Topliss-reactive ketones (excluding diaryl/α,β-unsaturated/α-hetero) is 1. The van der Waals surface area contributed by atoms with E-state index in [2.05, 4.69) is 10.2 Å². The van der Waals surface area contributed by atoms with Gasteiger partial charge in [0.05, 0.1) is 15.6 Å². The molecular weight excluding hydrogens is 546 g/mol. The van der Waals surface area contributed by atoms with Gasteiger partial charge in [-0.25, -0.2) is 0 Å². The molecule has 0 radical (unpaired) electrons. The van der Waals surface area contributed by atoms with Crippen LogP contribution in [0.1, 0.15) is 63.7 Å². The molecule has 4 aromatic rings. The Bertz CT molecular complexity index is 1720. The van der Waals surface area contributed by atoms with Crippen molar-refractivity contribution < 1.29 is 14.3 Å². The predicted molar refractivity (Wildman–Crippen MR) is 166 cm³/mol. The van der Waals surface area contributed by atoms with Gasteiger partial charge < -0.3 is 27.3 Å². The van der Waals surface area contributed by atoms with E-state index in [-0.39, 0.29) is 17.7 Å². The fourth-order valence-electron chi connectivity index (χ4n) is 6.74. The van der Waals surface area contributed by atoms with Crippen LogP contribution in [0.4, 0.5) is 5.69 Å². The number of hydrogen-bond donors (Lipinski definition) is 4. The third-order valence-corrected chi connectivity index (χ3v) is 10.2. The number of nitrogens with zero attached hydrogens (tertiary/aromatic N) is 1. The van der Waals surface area contributed by atoms with E-state index in [1.54, 1.807) is 6.07 Å². The van der Waals surface area contributed by atoms with Crippen LogP contribution < -0.4 is 27.3 Å². The van der Waals surface area contributed by atoms with Crippen LogP contribution in [0.3, 0.4) is 0 Å². The highest BCUT2D eigenvalue weighted by Gasteiger charge is 2.49. The number of nitrogen functional groups attached to an aromatic ring is 1. The highest BCUT2D eigenvalue weighted by atomic mass is 32.1. The minimum Gasteiger partial charge on any atom is -0.457 e. The SMILES string of the molecule is Cc1cc(Oc2ccccc2)ccc1C1(N)C(=O)C(N)c2c(C(=O)NC3CCCN(C4CC4)C3)sc3c(N)ccc1c23. The first-order chi connectivity index (χ1) is 20.3. The lowest BCUT2D eigenvalue weighted by molar-refractivity contribution is -0.124. The first kappa shape index (κ1) is 27.1. The fourth-order valence-corrected chi connectivity index (χ4v) is 7.94. The lowest BCUT2D eigenvalue weighted by Crippen LogP contribution is -2.53. The van der Waals surface area contributed by atoms with Crippen molar-refractivity contribution in [3.8, 4) is 11.5 Å². The number of carbonyl (C=O) groups is 2. The monoisotopic (exact) mass is 581 g/mol. The lowest BCUT2D eigenvalue weighted by atomic mass is 9.69. The molecule has 3 aliphatic rings. The highest BCUT2D eigenvalue weighted by molar-refractivity contribution is 7.21. The summed E-state index contributed by atoms with van der Waals surface area (Å²) in [6, 6.07) is 18.2. The Morgan fingerprint density at radius 1 is 1.05 bits per heavy atom. The molecule has 1 amide bonds. The van der Waals surface area contributed by atoms with Gasteiger partial charge in [0.2, 0.25) is 0 Å². The zero-order chi connectivity index (χ0) is 29.2. The summed E-state index contributed by atoms with van der Waals surface area (Å²) in [6.45, 7) is 3.85. The number of likely N-dealkylation sites (tertiary alicyclic amines) is 1. The van der Waals surface area contributed by atoms with Gasteiger partial charge in [0, 0.05) is 35.3 Å². The number of benzene rings is 3. The number of ketones is 1. The van der Waals surface area contributed by atoms with Crippen molar-refractivity contribution >= 4 is 38.8 Å². The molecule has 0 spiro atoms. The van der Waals surface area contributed by atoms with Crippen LogP contribution in [-0.4, -0.2) is 41.8 Å². The summed E-state index contributed by atoms with van der Waals surface area (Å²) in [5.41, 5.74) is 21.8. The quantitative estimate of drug-likeness (QED) is 0.242. The predicted octanol–water partition coefficient (Wildman–Crippen LogP) is 4.73. The van der Waals surface area contributed by atoms with E-state index in [4.69, 9.17) is 21.9 Å². The molecule has 216 valence electrons. The van der Waals surface area contributed by atoms with Crippen LogP contribution in [0.15, 0.2) is 60.7 Å². The molecule has 9 heteroatoms. The molecule has 1 saturated heterocycles. The molecule has 7 N–H and O–H groups in total. The van der Waals surface area contributed by atoms with Crippen molar-refractivity contribution in [2.24, 2.45) is 11.5 Å². The highest BCUT2D eigenvalue weighted by Crippen LogP contribution is 2.50. The van der Waals surface area contributed by atoms with E-state index < -0.39 is 11.6 Å². The third kappa shape index (κ3) is 4.39. The van der Waals surface area contributed by atoms with Crippen LogP contribution in [0.25, 0.3) is 10.1 Å². The molecule has 3 unspecified atom stereocenters. The summed E-state index contributed by atoms with van der Waals surface area (Å²) in [7, 11) is 0. The number of para-hydroxylation sites is 1. The van der Waals surface area contributed by atoms with Gasteiger partial charge in [-0.15, -0.1) is 11.3 Å². The molecule has 2 heterocycles. The number of piperidine rings is 1. The number of amides is 1. The van der Waals surface area contributed by atoms with Crippen LogP contribution >= 0.6 is 11.3 Å². The zero-order valence-electron chi connectivity index (χ0n) is 23.6. The van der Waals surface area contributed by atoms with Crippen molar-refractivity contribution in [2.45, 2.75) is 56.3 Å². The van der Waals surface area contributed by atoms with Crippen LogP contribution in [0.5, 0.6) is 11.5 Å². The maximum Gasteiger partial charge on any atom is 0.262 e. The van der Waals surface area contributed by atoms with Gasteiger partial charge in [-0.2, -0.15) is 0 Å². The van der Waals surface area contributed by atoms with E-state index >= 15 is 0 Å². The number of ether oxygens (including phenoxy) is 1. The van der Waals surface area contributed by atoms with Crippen LogP contribution in [0.2, 0.25) is 0 Å². The number of anilines is 1. The largest absolute Gasteiger partial charge is 0.457 e. The second kappa shape index (κ2) is 10.2. The summed E-state index contributed by atoms with van der Waals surface area (Å²) in [5.74, 6) is 0.793. The lowest BCUT2D eigenvalue weighted by Gasteiger charge is -2.37. The van der Waals surface area contributed by atoms with Crippen LogP contribution in [-0.2, 0) is 10.3 Å². The maximum atomic E-state index is 14.2. The first-order valence-electron chi connectivity index (χ1n) is 14.6. The first-order valence-corrected chi connectivity index (χ1v) is 15.4. The normalized spacial score (nSPS) is 24.1. The summed E-state index contributed by atoms with van der Waals surface area (Å²) in [4.78, 5) is 30.9. The van der Waals surface area contributed by atoms with Gasteiger partial charge in [-0.05, 0) is 86.2 Å². The summed E-state index contributed by atoms with van der Waals surface area (Å²) in [6.07, 6.45) is 4.47. The van der Waals surface area contributed by atoms with Crippen molar-refractivity contribution in [2.75, 3.05) is 18.8 Å². The van der Waals surface area contributed by atoms with E-state index in [0.29, 0.717) is 50.2 Å². The Labute approximate surface area is 248 Å². The van der Waals surface area contributed by atoms with Crippen molar-refractivity contribution in [3.05, 3.63) is 87.8 Å². The number of nitrogens with two attached hydrogens (primary N) is 3. The standard InChI is InChI=1S/C33H35N5O3S/c1-18-16-22(41-21-7-3-2-4-8-21)11-12-23(18)33(36)24-13-14-25(34)29-26(24)27(28(35)31(33)39)30(42-29)32(40)37-19-6-5-15-38(17-19)20-9-10-20/h2-4,7-8,11-14,16,19-20,28H,5-6,9-10,15,17,34-36H2,1H3,(H,37,40). The Hall–Kier alpha value is -3.76. The number of hydrogen-bond acceptors (Lipinski definition) is 8. The van der Waals surface area contributed by atoms with Gasteiger partial charge in [0.1, 0.15) is 17.0 Å². The number of thiophene rings is 1. The van der Waals surface area contributed by atoms with Gasteiger partial charge in [0.25, 0.3) is 5.91 Å². The number of carbonyl (C=O) groups excluding carboxylic acids is 2. The van der Waals surface area contributed by atoms with Crippen molar-refractivity contribution in [1.82, 2.24) is 10.2 Å². The van der Waals surface area contributed by atoms with Gasteiger partial charge in [-0.3, -0.25) is 14.5 Å². The molecule has 3 aromatic carbocycles. The van der Waals surface area contributed by atoms with E-state index in [1.165, 1.54) is 24.2 Å². The summed E-state index contributed by atoms with van der Waals surface area (Å²) in [5, 5.41) is 3.96. The molecule has 0 bridgehead atoms. The molecule has 1 aliphatic heterocycles. The Morgan fingerprint density at radius 2 is 1.81 bits per heavy atom. The molecule has 7 rings (SSSR count). The Kier molecular flexibility index (Phi) is 6.58. The smallest absolute Gasteiger partial charge is 0.262 e. The molecule has 1 aromatic heterocycles. The minimum atomic E-state index is -1.52. The number of aryl methyl sites for hydroxylation is 1. The molecule has 3 atom stereocenters. The van der Waals surface area contributed by atoms with E-state index in [9.17, 15) is 9.59 Å². The fraction of sp³-hybridized carbons (Fsp3) is 0.333. The zero-order valence-corrected chi connectivity index (χ0v) is 24.4. The minimum absolute atomic E-state index is 0.0597.